The van der Waals surface area contributed by atoms with Gasteiger partial charge in [-0.25, -0.2) is 0 Å². The summed E-state index contributed by atoms with van der Waals surface area (Å²) in [5, 5.41) is 2.95. The van der Waals surface area contributed by atoms with Gasteiger partial charge in [-0.3, -0.25) is 4.79 Å². The molecule has 0 amide bonds. The van der Waals surface area contributed by atoms with E-state index >= 15 is 0 Å². The summed E-state index contributed by atoms with van der Waals surface area (Å²) < 4.78 is 1.20. The van der Waals surface area contributed by atoms with Crippen LogP contribution in [0, 0.1) is 0 Å². The Bertz CT molecular complexity index is 447. The first-order valence-electron chi connectivity index (χ1n) is 3.90. The predicted molar refractivity (Wildman–Crippen MR) is 56.4 cm³/mol. The first-order chi connectivity index (χ1) is 6.25. The highest BCUT2D eigenvalue weighted by atomic mass is 35.5. The lowest BCUT2D eigenvalue weighted by Gasteiger charge is -1.96. The van der Waals surface area contributed by atoms with Gasteiger partial charge in [0, 0.05) is 11.1 Å². The van der Waals surface area contributed by atoms with Crippen molar-refractivity contribution in [2.75, 3.05) is 0 Å². The second kappa shape index (κ2) is 3.48. The number of benzene rings is 1. The van der Waals surface area contributed by atoms with E-state index in [0.717, 1.165) is 5.56 Å². The van der Waals surface area contributed by atoms with E-state index in [4.69, 9.17) is 11.6 Å². The van der Waals surface area contributed by atoms with Gasteiger partial charge in [-0.05, 0) is 40.1 Å². The van der Waals surface area contributed by atoms with Crippen molar-refractivity contribution in [1.29, 1.82) is 0 Å². The first kappa shape index (κ1) is 8.73. The van der Waals surface area contributed by atoms with Crippen LogP contribution in [0.15, 0.2) is 29.6 Å². The van der Waals surface area contributed by atoms with Crippen LogP contribution in [0.3, 0.4) is 0 Å². The molecular weight excluding hydrogens is 204 g/mol. The topological polar surface area (TPSA) is 17.1 Å². The number of carbonyl (C=O) groups excluding carboxylic acids is 1. The fourth-order valence-electron chi connectivity index (χ4n) is 1.27. The van der Waals surface area contributed by atoms with Crippen LogP contribution in [-0.2, 0) is 11.2 Å². The number of rotatable bonds is 2. The lowest BCUT2D eigenvalue weighted by atomic mass is 10.1. The van der Waals surface area contributed by atoms with Gasteiger partial charge < -0.3 is 0 Å². The molecule has 0 atom stereocenters. The van der Waals surface area contributed by atoms with Crippen LogP contribution in [0.1, 0.15) is 5.56 Å². The Morgan fingerprint density at radius 1 is 1.38 bits per heavy atom. The summed E-state index contributed by atoms with van der Waals surface area (Å²) in [6, 6.07) is 8.03. The largest absolute Gasteiger partial charge is 0.281 e. The maximum Gasteiger partial charge on any atom is 0.226 e. The Balaban J connectivity index is 2.42. The average molecular weight is 211 g/mol. The van der Waals surface area contributed by atoms with Gasteiger partial charge in [-0.15, -0.1) is 11.3 Å². The molecule has 2 rings (SSSR count). The monoisotopic (exact) mass is 210 g/mol. The highest BCUT2D eigenvalue weighted by Gasteiger charge is 2.01. The summed E-state index contributed by atoms with van der Waals surface area (Å²) in [5.41, 5.74) is 0.981. The quantitative estimate of drug-likeness (QED) is 0.696. The van der Waals surface area contributed by atoms with Crippen molar-refractivity contribution in [1.82, 2.24) is 0 Å². The van der Waals surface area contributed by atoms with E-state index < -0.39 is 0 Å². The molecule has 13 heavy (non-hydrogen) atoms. The Kier molecular flexibility index (Phi) is 2.34. The fraction of sp³-hybridized carbons (Fsp3) is 0.100. The molecule has 0 saturated heterocycles. The zero-order chi connectivity index (χ0) is 9.26. The SMILES string of the molecule is O=C(Cl)Cc1ccc2ccsc2c1. The molecular formula is C10H7ClOS. The Hall–Kier alpha value is -0.860. The van der Waals surface area contributed by atoms with Gasteiger partial charge in [0.25, 0.3) is 0 Å². The molecule has 1 aromatic heterocycles. The molecule has 1 aromatic carbocycles. The van der Waals surface area contributed by atoms with E-state index in [-0.39, 0.29) is 5.24 Å². The maximum atomic E-state index is 10.7. The van der Waals surface area contributed by atoms with Crippen molar-refractivity contribution in [3.63, 3.8) is 0 Å². The van der Waals surface area contributed by atoms with E-state index in [1.54, 1.807) is 11.3 Å². The second-order valence-electron chi connectivity index (χ2n) is 2.82. The predicted octanol–water partition coefficient (Wildman–Crippen LogP) is 3.21. The third-order valence-electron chi connectivity index (χ3n) is 1.86. The lowest BCUT2D eigenvalue weighted by molar-refractivity contribution is -0.111. The third kappa shape index (κ3) is 1.90. The Labute approximate surface area is 84.9 Å². The second-order valence-corrected chi connectivity index (χ2v) is 4.19. The number of carbonyl (C=O) groups is 1. The molecule has 1 heterocycles. The number of hydrogen-bond donors (Lipinski definition) is 0. The summed E-state index contributed by atoms with van der Waals surface area (Å²) in [4.78, 5) is 10.7. The third-order valence-corrected chi connectivity index (χ3v) is 2.88. The van der Waals surface area contributed by atoms with Crippen molar-refractivity contribution in [3.8, 4) is 0 Å². The molecule has 0 fully saturated rings. The molecule has 0 N–H and O–H groups in total. The molecule has 3 heteroatoms. The molecule has 66 valence electrons. The summed E-state index contributed by atoms with van der Waals surface area (Å²) in [5.74, 6) is 0. The van der Waals surface area contributed by atoms with Gasteiger partial charge in [-0.2, -0.15) is 0 Å². The van der Waals surface area contributed by atoms with Crippen molar-refractivity contribution in [3.05, 3.63) is 35.2 Å². The van der Waals surface area contributed by atoms with Gasteiger partial charge in [0.15, 0.2) is 0 Å². The standard InChI is InChI=1S/C10H7ClOS/c11-10(12)6-7-1-2-8-3-4-13-9(8)5-7/h1-5H,6H2. The van der Waals surface area contributed by atoms with E-state index in [2.05, 4.69) is 6.07 Å². The normalized spacial score (nSPS) is 10.5. The van der Waals surface area contributed by atoms with Crippen LogP contribution in [0.4, 0.5) is 0 Å². The number of halogens is 1. The number of fused-ring (bicyclic) bond motifs is 1. The summed E-state index contributed by atoms with van der Waals surface area (Å²) in [6.45, 7) is 0. The Morgan fingerprint density at radius 3 is 3.00 bits per heavy atom. The zero-order valence-electron chi connectivity index (χ0n) is 6.79. The Morgan fingerprint density at radius 2 is 2.23 bits per heavy atom. The van der Waals surface area contributed by atoms with E-state index in [1.165, 1.54) is 10.1 Å². The summed E-state index contributed by atoms with van der Waals surface area (Å²) in [6.07, 6.45) is 0.315. The molecule has 0 bridgehead atoms. The van der Waals surface area contributed by atoms with Gasteiger partial charge in [0.2, 0.25) is 5.24 Å². The number of hydrogen-bond acceptors (Lipinski definition) is 2. The van der Waals surface area contributed by atoms with Crippen LogP contribution in [0.25, 0.3) is 10.1 Å². The molecule has 0 aliphatic heterocycles. The van der Waals surface area contributed by atoms with Gasteiger partial charge in [0.1, 0.15) is 0 Å². The van der Waals surface area contributed by atoms with Crippen LogP contribution in [-0.4, -0.2) is 5.24 Å². The first-order valence-corrected chi connectivity index (χ1v) is 5.16. The molecule has 0 saturated carbocycles. The van der Waals surface area contributed by atoms with Crippen LogP contribution in [0.2, 0.25) is 0 Å². The lowest BCUT2D eigenvalue weighted by Crippen LogP contribution is -1.91. The molecule has 0 aliphatic carbocycles. The van der Waals surface area contributed by atoms with Gasteiger partial charge >= 0.3 is 0 Å². The minimum Gasteiger partial charge on any atom is -0.281 e. The van der Waals surface area contributed by atoms with Crippen molar-refractivity contribution >= 4 is 38.3 Å². The molecule has 0 radical (unpaired) electrons. The summed E-state index contributed by atoms with van der Waals surface area (Å²) in [7, 11) is 0. The minimum absolute atomic E-state index is 0.309. The van der Waals surface area contributed by atoms with Crippen LogP contribution < -0.4 is 0 Å². The molecule has 0 spiro atoms. The highest BCUT2D eigenvalue weighted by Crippen LogP contribution is 2.22. The maximum absolute atomic E-state index is 10.7. The highest BCUT2D eigenvalue weighted by molar-refractivity contribution is 7.17. The van der Waals surface area contributed by atoms with Gasteiger partial charge in [-0.1, -0.05) is 12.1 Å². The molecule has 1 nitrogen and oxygen atoms in total. The fourth-order valence-corrected chi connectivity index (χ4v) is 2.28. The molecule has 2 aromatic rings. The van der Waals surface area contributed by atoms with E-state index in [9.17, 15) is 4.79 Å². The van der Waals surface area contributed by atoms with Crippen molar-refractivity contribution in [2.45, 2.75) is 6.42 Å². The van der Waals surface area contributed by atoms with E-state index in [0.29, 0.717) is 6.42 Å². The average Bonchev–Trinajstić information content (AvgIpc) is 2.49. The minimum atomic E-state index is -0.309. The van der Waals surface area contributed by atoms with E-state index in [1.807, 2.05) is 23.6 Å². The molecule has 0 unspecified atom stereocenters. The molecule has 0 aliphatic rings. The number of thiophene rings is 1. The smallest absolute Gasteiger partial charge is 0.226 e. The van der Waals surface area contributed by atoms with Crippen molar-refractivity contribution in [2.24, 2.45) is 0 Å². The van der Waals surface area contributed by atoms with Crippen LogP contribution >= 0.6 is 22.9 Å². The van der Waals surface area contributed by atoms with Crippen molar-refractivity contribution < 1.29 is 4.79 Å². The van der Waals surface area contributed by atoms with Gasteiger partial charge in [0.05, 0.1) is 0 Å². The summed E-state index contributed by atoms with van der Waals surface area (Å²) >= 11 is 6.98. The van der Waals surface area contributed by atoms with Crippen LogP contribution in [0.5, 0.6) is 0 Å². The zero-order valence-corrected chi connectivity index (χ0v) is 8.36.